The van der Waals surface area contributed by atoms with Crippen LogP contribution in [-0.2, 0) is 4.79 Å². The van der Waals surface area contributed by atoms with Crippen molar-refractivity contribution in [3.8, 4) is 11.3 Å². The molecular formula is C22H29N5O2. The molecule has 0 aliphatic carbocycles. The fourth-order valence-corrected chi connectivity index (χ4v) is 2.91. The van der Waals surface area contributed by atoms with Gasteiger partial charge in [0.15, 0.2) is 5.76 Å². The van der Waals surface area contributed by atoms with Crippen LogP contribution in [0.3, 0.4) is 0 Å². The molecule has 7 heteroatoms. The quantitative estimate of drug-likeness (QED) is 0.699. The normalized spacial score (nSPS) is 17.8. The van der Waals surface area contributed by atoms with Gasteiger partial charge in [-0.2, -0.15) is 0 Å². The van der Waals surface area contributed by atoms with Crippen LogP contribution < -0.4 is 15.5 Å². The topological polar surface area (TPSA) is 82.8 Å². The summed E-state index contributed by atoms with van der Waals surface area (Å²) in [5.41, 5.74) is 3.17. The minimum absolute atomic E-state index is 0.0128. The predicted molar refractivity (Wildman–Crippen MR) is 117 cm³/mol. The molecule has 154 valence electrons. The summed E-state index contributed by atoms with van der Waals surface area (Å²) < 4.78 is 5.94. The molecule has 2 heterocycles. The van der Waals surface area contributed by atoms with Crippen molar-refractivity contribution < 1.29 is 9.21 Å². The minimum atomic E-state index is -0.297. The first-order valence-corrected chi connectivity index (χ1v) is 9.97. The number of rotatable bonds is 7. The molecule has 1 fully saturated rings. The second kappa shape index (κ2) is 9.41. The van der Waals surface area contributed by atoms with Crippen molar-refractivity contribution in [1.82, 2.24) is 10.3 Å². The van der Waals surface area contributed by atoms with Crippen molar-refractivity contribution >= 4 is 23.8 Å². The molecule has 1 amide bonds. The second-order valence-corrected chi connectivity index (χ2v) is 7.48. The number of aromatic nitrogens is 1. The van der Waals surface area contributed by atoms with Crippen LogP contribution in [0.4, 0.5) is 11.7 Å². The van der Waals surface area contributed by atoms with Crippen LogP contribution in [0.2, 0.25) is 0 Å². The SMILES string of the molecule is C/C(=C\C=NCNc1cccc(-c2cnc(N3CCNC(=O)C3C)o2)c1)C(C)C. The van der Waals surface area contributed by atoms with Gasteiger partial charge >= 0.3 is 0 Å². The maximum atomic E-state index is 11.9. The summed E-state index contributed by atoms with van der Waals surface area (Å²) >= 11 is 0. The monoisotopic (exact) mass is 395 g/mol. The standard InChI is InChI=1S/C22H29N5O2/c1-15(2)16(3)8-9-23-14-26-19-7-5-6-18(12-19)20-13-25-22(29-20)27-11-10-24-21(28)17(27)4/h5-9,12-13,15,17,26H,10-11,14H2,1-4H3,(H,24,28)/b16-8+,23-9?. The molecule has 0 spiro atoms. The highest BCUT2D eigenvalue weighted by Gasteiger charge is 2.28. The van der Waals surface area contributed by atoms with E-state index in [1.54, 1.807) is 6.20 Å². The number of nitrogens with zero attached hydrogens (tertiary/aromatic N) is 3. The fourth-order valence-electron chi connectivity index (χ4n) is 2.91. The lowest BCUT2D eigenvalue weighted by Crippen LogP contribution is -2.54. The first-order valence-electron chi connectivity index (χ1n) is 9.97. The number of oxazole rings is 1. The van der Waals surface area contributed by atoms with Crippen molar-refractivity contribution in [1.29, 1.82) is 0 Å². The highest BCUT2D eigenvalue weighted by atomic mass is 16.4. The van der Waals surface area contributed by atoms with Crippen molar-refractivity contribution in [3.63, 3.8) is 0 Å². The average Bonchev–Trinajstić information content (AvgIpc) is 3.20. The maximum absolute atomic E-state index is 11.9. The largest absolute Gasteiger partial charge is 0.423 e. The Labute approximate surface area is 171 Å². The van der Waals surface area contributed by atoms with Gasteiger partial charge in [0.05, 0.1) is 6.20 Å². The van der Waals surface area contributed by atoms with Crippen LogP contribution in [0.25, 0.3) is 11.3 Å². The number of aliphatic imine (C=N–C) groups is 1. The average molecular weight is 396 g/mol. The highest BCUT2D eigenvalue weighted by Crippen LogP contribution is 2.27. The van der Waals surface area contributed by atoms with Crippen LogP contribution in [0.5, 0.6) is 0 Å². The number of allylic oxidation sites excluding steroid dienone is 2. The van der Waals surface area contributed by atoms with E-state index in [2.05, 4.69) is 41.4 Å². The number of benzene rings is 1. The van der Waals surface area contributed by atoms with Gasteiger partial charge in [-0.1, -0.05) is 31.6 Å². The molecule has 1 atom stereocenters. The Morgan fingerprint density at radius 1 is 1.48 bits per heavy atom. The highest BCUT2D eigenvalue weighted by molar-refractivity contribution is 5.85. The third-order valence-corrected chi connectivity index (χ3v) is 5.11. The number of hydrogen-bond donors (Lipinski definition) is 2. The Morgan fingerprint density at radius 2 is 2.31 bits per heavy atom. The van der Waals surface area contributed by atoms with Gasteiger partial charge in [0.1, 0.15) is 12.7 Å². The first kappa shape index (κ1) is 20.6. The summed E-state index contributed by atoms with van der Waals surface area (Å²) in [5, 5.41) is 6.13. The fraction of sp³-hybridized carbons (Fsp3) is 0.409. The van der Waals surface area contributed by atoms with Crippen LogP contribution in [0.1, 0.15) is 27.7 Å². The second-order valence-electron chi connectivity index (χ2n) is 7.48. The zero-order valence-electron chi connectivity index (χ0n) is 17.5. The number of nitrogens with one attached hydrogen (secondary N) is 2. The summed E-state index contributed by atoms with van der Waals surface area (Å²) in [4.78, 5) is 22.5. The number of piperazine rings is 1. The lowest BCUT2D eigenvalue weighted by atomic mass is 10.1. The molecule has 1 saturated heterocycles. The Kier molecular flexibility index (Phi) is 6.69. The molecule has 0 bridgehead atoms. The van der Waals surface area contributed by atoms with E-state index >= 15 is 0 Å². The Hall–Kier alpha value is -3.09. The molecule has 1 aromatic carbocycles. The van der Waals surface area contributed by atoms with E-state index in [4.69, 9.17) is 4.42 Å². The third-order valence-electron chi connectivity index (χ3n) is 5.11. The molecule has 2 aromatic rings. The summed E-state index contributed by atoms with van der Waals surface area (Å²) in [6.07, 6.45) is 5.58. The van der Waals surface area contributed by atoms with Crippen LogP contribution >= 0.6 is 0 Å². The molecule has 3 rings (SSSR count). The summed E-state index contributed by atoms with van der Waals surface area (Å²) in [7, 11) is 0. The Bertz CT molecular complexity index is 900. The van der Waals surface area contributed by atoms with E-state index < -0.39 is 0 Å². The smallest absolute Gasteiger partial charge is 0.298 e. The predicted octanol–water partition coefficient (Wildman–Crippen LogP) is 3.71. The summed E-state index contributed by atoms with van der Waals surface area (Å²) in [6.45, 7) is 10.0. The zero-order chi connectivity index (χ0) is 20.8. The Balaban J connectivity index is 1.64. The number of anilines is 2. The van der Waals surface area contributed by atoms with Gasteiger partial charge in [0.25, 0.3) is 6.01 Å². The molecule has 1 unspecified atom stereocenters. The van der Waals surface area contributed by atoms with Crippen molar-refractivity contribution in [2.75, 3.05) is 30.0 Å². The van der Waals surface area contributed by atoms with E-state index in [1.165, 1.54) is 5.57 Å². The van der Waals surface area contributed by atoms with Crippen molar-refractivity contribution in [2.24, 2.45) is 10.9 Å². The minimum Gasteiger partial charge on any atom is -0.423 e. The first-order chi connectivity index (χ1) is 14.0. The molecule has 1 aliphatic rings. The van der Waals surface area contributed by atoms with Gasteiger partial charge in [0.2, 0.25) is 5.91 Å². The molecule has 1 aromatic heterocycles. The maximum Gasteiger partial charge on any atom is 0.298 e. The molecule has 0 saturated carbocycles. The molecule has 1 aliphatic heterocycles. The zero-order valence-corrected chi connectivity index (χ0v) is 17.5. The van der Waals surface area contributed by atoms with E-state index in [1.807, 2.05) is 48.4 Å². The lowest BCUT2D eigenvalue weighted by Gasteiger charge is -2.31. The van der Waals surface area contributed by atoms with Gasteiger partial charge in [-0.05, 0) is 38.0 Å². The summed E-state index contributed by atoms with van der Waals surface area (Å²) in [5.74, 6) is 1.18. The van der Waals surface area contributed by atoms with E-state index in [0.717, 1.165) is 11.3 Å². The van der Waals surface area contributed by atoms with Crippen molar-refractivity contribution in [2.45, 2.75) is 33.7 Å². The number of hydrogen-bond acceptors (Lipinski definition) is 6. The molecule has 0 radical (unpaired) electrons. The van der Waals surface area contributed by atoms with Crippen LogP contribution in [0, 0.1) is 5.92 Å². The van der Waals surface area contributed by atoms with Gasteiger partial charge in [-0.3, -0.25) is 9.79 Å². The van der Waals surface area contributed by atoms with Gasteiger partial charge in [0, 0.05) is 30.6 Å². The van der Waals surface area contributed by atoms with E-state index in [0.29, 0.717) is 37.5 Å². The van der Waals surface area contributed by atoms with Gasteiger partial charge < -0.3 is 20.0 Å². The number of carbonyl (C=O) groups excluding carboxylic acids is 1. The van der Waals surface area contributed by atoms with Gasteiger partial charge in [-0.25, -0.2) is 4.98 Å². The number of amides is 1. The molecule has 2 N–H and O–H groups in total. The Morgan fingerprint density at radius 3 is 3.10 bits per heavy atom. The lowest BCUT2D eigenvalue weighted by molar-refractivity contribution is -0.123. The third kappa shape index (κ3) is 5.25. The van der Waals surface area contributed by atoms with Gasteiger partial charge in [-0.15, -0.1) is 0 Å². The number of carbonyl (C=O) groups is 1. The molecular weight excluding hydrogens is 366 g/mol. The van der Waals surface area contributed by atoms with Crippen LogP contribution in [0.15, 0.2) is 51.5 Å². The van der Waals surface area contributed by atoms with E-state index in [-0.39, 0.29) is 11.9 Å². The molecule has 29 heavy (non-hydrogen) atoms. The van der Waals surface area contributed by atoms with Crippen LogP contribution in [-0.4, -0.2) is 42.9 Å². The van der Waals surface area contributed by atoms with E-state index in [9.17, 15) is 4.79 Å². The summed E-state index contributed by atoms with van der Waals surface area (Å²) in [6, 6.07) is 8.10. The molecule has 7 nitrogen and oxygen atoms in total. The van der Waals surface area contributed by atoms with Crippen molar-refractivity contribution in [3.05, 3.63) is 42.1 Å².